The summed E-state index contributed by atoms with van der Waals surface area (Å²) >= 11 is 0. The maximum absolute atomic E-state index is 14.4. The quantitative estimate of drug-likeness (QED) is 0.160. The van der Waals surface area contributed by atoms with Crippen LogP contribution in [0.1, 0.15) is 56.6 Å². The molecule has 0 saturated heterocycles. The summed E-state index contributed by atoms with van der Waals surface area (Å²) in [5.41, 5.74) is 1.76. The number of ether oxygens (including phenoxy) is 1. The van der Waals surface area contributed by atoms with Gasteiger partial charge in [-0.2, -0.15) is 0 Å². The standard InChI is InChI=1S/C38H42FN3O5S/c1-3-36(38(44)40-31-10-6-4-7-11-31)41(26-29-16-18-30(39)19-17-29)37(43)27-42(48(45,46)35-24-14-28(2)15-25-35)32-20-22-34(23-21-32)47-33-12-8-5-9-13-33/h5,8-9,12-25,31,36H,3-4,6-7,10-11,26-27H2,1-2H3,(H,40,44)/t36-/m1/s1. The Balaban J connectivity index is 1.48. The van der Waals surface area contributed by atoms with Gasteiger partial charge in [0.05, 0.1) is 10.6 Å². The summed E-state index contributed by atoms with van der Waals surface area (Å²) in [6, 6.07) is 27.0. The lowest BCUT2D eigenvalue weighted by molar-refractivity contribution is -0.140. The van der Waals surface area contributed by atoms with Crippen LogP contribution in [0.5, 0.6) is 11.5 Å². The molecule has 0 radical (unpaired) electrons. The molecule has 48 heavy (non-hydrogen) atoms. The third-order valence-electron chi connectivity index (χ3n) is 8.60. The number of aryl methyl sites for hydroxylation is 1. The zero-order valence-corrected chi connectivity index (χ0v) is 28.2. The molecule has 4 aromatic rings. The molecule has 8 nitrogen and oxygen atoms in total. The van der Waals surface area contributed by atoms with Crippen molar-refractivity contribution in [2.45, 2.75) is 75.9 Å². The van der Waals surface area contributed by atoms with E-state index in [2.05, 4.69) is 5.32 Å². The smallest absolute Gasteiger partial charge is 0.264 e. The Bertz CT molecular complexity index is 1760. The molecular formula is C38H42FN3O5S. The van der Waals surface area contributed by atoms with Gasteiger partial charge in [-0.15, -0.1) is 0 Å². The summed E-state index contributed by atoms with van der Waals surface area (Å²) in [4.78, 5) is 29.5. The lowest BCUT2D eigenvalue weighted by Gasteiger charge is -2.34. The number of sulfonamides is 1. The molecule has 1 N–H and O–H groups in total. The summed E-state index contributed by atoms with van der Waals surface area (Å²) in [5, 5.41) is 3.13. The highest BCUT2D eigenvalue weighted by molar-refractivity contribution is 7.92. The van der Waals surface area contributed by atoms with Crippen molar-refractivity contribution in [3.05, 3.63) is 120 Å². The Morgan fingerprint density at radius 3 is 2.10 bits per heavy atom. The molecule has 0 aliphatic heterocycles. The Morgan fingerprint density at radius 1 is 0.854 bits per heavy atom. The lowest BCUT2D eigenvalue weighted by atomic mass is 9.95. The van der Waals surface area contributed by atoms with Crippen LogP contribution in [0.2, 0.25) is 0 Å². The fourth-order valence-corrected chi connectivity index (χ4v) is 7.34. The first-order chi connectivity index (χ1) is 23.1. The second-order valence-electron chi connectivity index (χ2n) is 12.1. The van der Waals surface area contributed by atoms with Gasteiger partial charge in [-0.25, -0.2) is 12.8 Å². The molecule has 1 fully saturated rings. The summed E-state index contributed by atoms with van der Waals surface area (Å²) in [7, 11) is -4.23. The Hall–Kier alpha value is -4.70. The molecule has 2 amide bonds. The minimum Gasteiger partial charge on any atom is -0.457 e. The summed E-state index contributed by atoms with van der Waals surface area (Å²) in [5.74, 6) is -0.153. The monoisotopic (exact) mass is 671 g/mol. The van der Waals surface area contributed by atoms with E-state index in [4.69, 9.17) is 4.74 Å². The molecule has 0 unspecified atom stereocenters. The van der Waals surface area contributed by atoms with E-state index in [9.17, 15) is 22.4 Å². The van der Waals surface area contributed by atoms with E-state index >= 15 is 0 Å². The highest BCUT2D eigenvalue weighted by atomic mass is 32.2. The van der Waals surface area contributed by atoms with Gasteiger partial charge in [0, 0.05) is 12.6 Å². The van der Waals surface area contributed by atoms with Crippen molar-refractivity contribution in [1.82, 2.24) is 10.2 Å². The van der Waals surface area contributed by atoms with Gasteiger partial charge >= 0.3 is 0 Å². The highest BCUT2D eigenvalue weighted by Gasteiger charge is 2.34. The molecule has 1 aliphatic rings. The zero-order valence-electron chi connectivity index (χ0n) is 27.3. The van der Waals surface area contributed by atoms with Crippen molar-refractivity contribution >= 4 is 27.5 Å². The summed E-state index contributed by atoms with van der Waals surface area (Å²) < 4.78 is 49.2. The van der Waals surface area contributed by atoms with Gasteiger partial charge in [-0.1, -0.05) is 74.2 Å². The van der Waals surface area contributed by atoms with E-state index in [-0.39, 0.29) is 29.1 Å². The molecule has 0 spiro atoms. The molecule has 4 aromatic carbocycles. The molecule has 0 aromatic heterocycles. The van der Waals surface area contributed by atoms with Crippen LogP contribution in [0, 0.1) is 12.7 Å². The molecule has 1 aliphatic carbocycles. The van der Waals surface area contributed by atoms with Crippen LogP contribution >= 0.6 is 0 Å². The number of rotatable bonds is 13. The topological polar surface area (TPSA) is 96.0 Å². The SMILES string of the molecule is CC[C@H](C(=O)NC1CCCCC1)N(Cc1ccc(F)cc1)C(=O)CN(c1ccc(Oc2ccccc2)cc1)S(=O)(=O)c1ccc(C)cc1. The Labute approximate surface area is 282 Å². The Morgan fingerprint density at radius 2 is 1.48 bits per heavy atom. The van der Waals surface area contributed by atoms with Gasteiger partial charge in [0.1, 0.15) is 29.9 Å². The average Bonchev–Trinajstić information content (AvgIpc) is 3.09. The van der Waals surface area contributed by atoms with E-state index in [0.717, 1.165) is 42.0 Å². The number of para-hydroxylation sites is 1. The highest BCUT2D eigenvalue weighted by Crippen LogP contribution is 2.29. The fourth-order valence-electron chi connectivity index (χ4n) is 5.92. The van der Waals surface area contributed by atoms with E-state index in [1.807, 2.05) is 44.2 Å². The van der Waals surface area contributed by atoms with E-state index in [0.29, 0.717) is 23.5 Å². The van der Waals surface area contributed by atoms with Crippen molar-refractivity contribution in [2.24, 2.45) is 0 Å². The number of nitrogens with one attached hydrogen (secondary N) is 1. The number of carbonyl (C=O) groups is 2. The molecule has 0 bridgehead atoms. The van der Waals surface area contributed by atoms with Gasteiger partial charge in [0.25, 0.3) is 10.0 Å². The first-order valence-electron chi connectivity index (χ1n) is 16.4. The average molecular weight is 672 g/mol. The second-order valence-corrected chi connectivity index (χ2v) is 14.0. The molecular weight excluding hydrogens is 629 g/mol. The number of halogens is 1. The maximum atomic E-state index is 14.4. The van der Waals surface area contributed by atoms with Gasteiger partial charge in [0.15, 0.2) is 0 Å². The minimum atomic E-state index is -4.23. The van der Waals surface area contributed by atoms with Crippen LogP contribution in [0.3, 0.4) is 0 Å². The number of benzene rings is 4. The molecule has 1 saturated carbocycles. The van der Waals surface area contributed by atoms with E-state index in [1.165, 1.54) is 29.2 Å². The van der Waals surface area contributed by atoms with Crippen molar-refractivity contribution in [3.8, 4) is 11.5 Å². The van der Waals surface area contributed by atoms with Crippen LogP contribution in [0.25, 0.3) is 0 Å². The van der Waals surface area contributed by atoms with Crippen LogP contribution < -0.4 is 14.4 Å². The van der Waals surface area contributed by atoms with E-state index in [1.54, 1.807) is 48.5 Å². The van der Waals surface area contributed by atoms with Crippen molar-refractivity contribution in [3.63, 3.8) is 0 Å². The molecule has 5 rings (SSSR count). The van der Waals surface area contributed by atoms with Crippen LogP contribution in [-0.4, -0.2) is 43.8 Å². The van der Waals surface area contributed by atoms with E-state index < -0.39 is 34.3 Å². The largest absolute Gasteiger partial charge is 0.457 e. The molecule has 0 heterocycles. The molecule has 10 heteroatoms. The normalized spacial score (nSPS) is 14.1. The number of anilines is 1. The summed E-state index contributed by atoms with van der Waals surface area (Å²) in [6.45, 7) is 3.11. The van der Waals surface area contributed by atoms with Crippen LogP contribution in [0.4, 0.5) is 10.1 Å². The van der Waals surface area contributed by atoms with Gasteiger partial charge in [0.2, 0.25) is 11.8 Å². The number of hydrogen-bond acceptors (Lipinski definition) is 5. The van der Waals surface area contributed by atoms with Crippen molar-refractivity contribution < 1.29 is 27.1 Å². The molecule has 252 valence electrons. The lowest BCUT2D eigenvalue weighted by Crippen LogP contribution is -2.54. The number of carbonyl (C=O) groups excluding carboxylic acids is 2. The van der Waals surface area contributed by atoms with Crippen molar-refractivity contribution in [1.29, 1.82) is 0 Å². The second kappa shape index (κ2) is 15.9. The first kappa shape index (κ1) is 34.6. The number of hydrogen-bond donors (Lipinski definition) is 1. The van der Waals surface area contributed by atoms with Crippen molar-refractivity contribution in [2.75, 3.05) is 10.8 Å². The predicted octanol–water partition coefficient (Wildman–Crippen LogP) is 7.38. The van der Waals surface area contributed by atoms with Crippen LogP contribution in [0.15, 0.2) is 108 Å². The Kier molecular flexibility index (Phi) is 11.5. The minimum absolute atomic E-state index is 0.00200. The third-order valence-corrected chi connectivity index (χ3v) is 10.4. The molecule has 1 atom stereocenters. The zero-order chi connectivity index (χ0) is 34.1. The number of nitrogens with zero attached hydrogens (tertiary/aromatic N) is 2. The maximum Gasteiger partial charge on any atom is 0.264 e. The summed E-state index contributed by atoms with van der Waals surface area (Å²) in [6.07, 6.45) is 5.24. The van der Waals surface area contributed by atoms with Gasteiger partial charge in [-0.3, -0.25) is 13.9 Å². The van der Waals surface area contributed by atoms with Gasteiger partial charge < -0.3 is 15.0 Å². The third kappa shape index (κ3) is 8.80. The van der Waals surface area contributed by atoms with Crippen LogP contribution in [-0.2, 0) is 26.2 Å². The first-order valence-corrected chi connectivity index (χ1v) is 17.8. The number of amides is 2. The fraction of sp³-hybridized carbons (Fsp3) is 0.316. The van der Waals surface area contributed by atoms with Gasteiger partial charge in [-0.05, 0) is 92.4 Å². The predicted molar refractivity (Wildman–Crippen MR) is 185 cm³/mol.